The molecule has 0 spiro atoms. The van der Waals surface area contributed by atoms with E-state index in [2.05, 4.69) is 39.7 Å². The Morgan fingerprint density at radius 3 is 3.20 bits per heavy atom. The highest BCUT2D eigenvalue weighted by atomic mass is 127. The molecule has 0 unspecified atom stereocenters. The van der Waals surface area contributed by atoms with Crippen LogP contribution in [0.3, 0.4) is 0 Å². The smallest absolute Gasteiger partial charge is 0.124 e. The van der Waals surface area contributed by atoms with Crippen LogP contribution in [0, 0.1) is 2.88 Å². The van der Waals surface area contributed by atoms with Crippen molar-refractivity contribution >= 4 is 44.1 Å². The lowest BCUT2D eigenvalue weighted by molar-refractivity contribution is 1.45. The molecule has 0 fully saturated rings. The zero-order chi connectivity index (χ0) is 6.97. The third-order valence-corrected chi connectivity index (χ3v) is 3.08. The summed E-state index contributed by atoms with van der Waals surface area (Å²) in [7, 11) is 0. The van der Waals surface area contributed by atoms with Crippen LogP contribution in [-0.4, -0.2) is 4.98 Å². The zero-order valence-electron chi connectivity index (χ0n) is 5.04. The van der Waals surface area contributed by atoms with Crippen molar-refractivity contribution in [2.24, 2.45) is 0 Å². The van der Waals surface area contributed by atoms with Crippen molar-refractivity contribution in [3.05, 3.63) is 27.3 Å². The average molecular weight is 261 g/mol. The van der Waals surface area contributed by atoms with Crippen LogP contribution in [0.4, 0.5) is 0 Å². The van der Waals surface area contributed by atoms with Gasteiger partial charge in [0.15, 0.2) is 0 Å². The van der Waals surface area contributed by atoms with E-state index in [1.807, 2.05) is 12.3 Å². The number of halogens is 1. The highest BCUT2D eigenvalue weighted by Crippen LogP contribution is 2.23. The molecule has 0 aliphatic heterocycles. The second kappa shape index (κ2) is 2.47. The lowest BCUT2D eigenvalue weighted by atomic mass is 10.4. The summed E-state index contributed by atoms with van der Waals surface area (Å²) >= 11 is 4.04. The van der Waals surface area contributed by atoms with Gasteiger partial charge in [-0.3, -0.25) is 0 Å². The second-order valence-corrected chi connectivity index (χ2v) is 4.87. The molecule has 0 N–H and O–H groups in total. The first kappa shape index (κ1) is 6.54. The van der Waals surface area contributed by atoms with Crippen molar-refractivity contribution < 1.29 is 0 Å². The average Bonchev–Trinajstić information content (AvgIpc) is 2.27. The van der Waals surface area contributed by atoms with Gasteiger partial charge in [0.25, 0.3) is 0 Å². The van der Waals surface area contributed by atoms with E-state index >= 15 is 0 Å². The van der Waals surface area contributed by atoms with Crippen molar-refractivity contribution in [2.45, 2.75) is 0 Å². The van der Waals surface area contributed by atoms with Crippen molar-refractivity contribution in [1.82, 2.24) is 4.98 Å². The molecule has 0 atom stereocenters. The summed E-state index contributed by atoms with van der Waals surface area (Å²) in [5.74, 6) is 0. The van der Waals surface area contributed by atoms with Gasteiger partial charge in [0.1, 0.15) is 4.83 Å². The predicted molar refractivity (Wildman–Crippen MR) is 52.3 cm³/mol. The van der Waals surface area contributed by atoms with Gasteiger partial charge >= 0.3 is 0 Å². The lowest BCUT2D eigenvalue weighted by Crippen LogP contribution is -1.65. The van der Waals surface area contributed by atoms with E-state index in [-0.39, 0.29) is 0 Å². The monoisotopic (exact) mass is 261 g/mol. The lowest BCUT2D eigenvalue weighted by Gasteiger charge is -1.81. The first-order valence-electron chi connectivity index (χ1n) is 2.86. The van der Waals surface area contributed by atoms with Crippen molar-refractivity contribution in [3.63, 3.8) is 0 Å². The maximum Gasteiger partial charge on any atom is 0.124 e. The van der Waals surface area contributed by atoms with Gasteiger partial charge in [-0.1, -0.05) is 6.07 Å². The Kier molecular flexibility index (Phi) is 1.61. The van der Waals surface area contributed by atoms with Crippen LogP contribution >= 0.6 is 33.9 Å². The van der Waals surface area contributed by atoms with E-state index in [9.17, 15) is 0 Å². The summed E-state index contributed by atoms with van der Waals surface area (Å²) in [6.45, 7) is 0. The first-order valence-corrected chi connectivity index (χ1v) is 4.76. The van der Waals surface area contributed by atoms with E-state index in [4.69, 9.17) is 0 Å². The first-order chi connectivity index (χ1) is 4.86. The molecule has 2 aromatic rings. The molecule has 0 amide bonds. The van der Waals surface area contributed by atoms with E-state index in [0.29, 0.717) is 0 Å². The number of hydrogen-bond donors (Lipinski definition) is 0. The zero-order valence-corrected chi connectivity index (χ0v) is 8.02. The van der Waals surface area contributed by atoms with Crippen molar-refractivity contribution in [2.75, 3.05) is 0 Å². The van der Waals surface area contributed by atoms with Crippen LogP contribution in [0.15, 0.2) is 24.4 Å². The van der Waals surface area contributed by atoms with Crippen molar-refractivity contribution in [3.8, 4) is 0 Å². The molecular formula is C7H4INS. The molecule has 0 aromatic carbocycles. The molecule has 0 saturated heterocycles. The Morgan fingerprint density at radius 1 is 1.50 bits per heavy atom. The van der Waals surface area contributed by atoms with Gasteiger partial charge in [-0.15, -0.1) is 11.3 Å². The Labute approximate surface area is 76.2 Å². The van der Waals surface area contributed by atoms with E-state index < -0.39 is 0 Å². The van der Waals surface area contributed by atoms with Crippen LogP contribution in [0.25, 0.3) is 10.2 Å². The summed E-state index contributed by atoms with van der Waals surface area (Å²) < 4.78 is 1.30. The Hall–Kier alpha value is -0.160. The van der Waals surface area contributed by atoms with Gasteiger partial charge in [-0.2, -0.15) is 0 Å². The molecule has 0 saturated carbocycles. The summed E-state index contributed by atoms with van der Waals surface area (Å²) in [6, 6.07) is 6.19. The van der Waals surface area contributed by atoms with Crippen LogP contribution < -0.4 is 0 Å². The topological polar surface area (TPSA) is 12.9 Å². The highest BCUT2D eigenvalue weighted by Gasteiger charge is 1.96. The minimum absolute atomic E-state index is 1.13. The van der Waals surface area contributed by atoms with Gasteiger partial charge in [0.2, 0.25) is 0 Å². The van der Waals surface area contributed by atoms with E-state index in [1.165, 1.54) is 8.27 Å². The second-order valence-electron chi connectivity index (χ2n) is 1.95. The Morgan fingerprint density at radius 2 is 2.40 bits per heavy atom. The molecule has 0 bridgehead atoms. The molecule has 0 aliphatic rings. The molecule has 2 aromatic heterocycles. The predicted octanol–water partition coefficient (Wildman–Crippen LogP) is 2.90. The molecule has 0 aliphatic carbocycles. The molecule has 0 radical (unpaired) electrons. The van der Waals surface area contributed by atoms with Crippen LogP contribution in [0.1, 0.15) is 0 Å². The minimum atomic E-state index is 1.13. The maximum absolute atomic E-state index is 4.22. The van der Waals surface area contributed by atoms with E-state index in [0.717, 1.165) is 4.83 Å². The molecule has 3 heteroatoms. The fourth-order valence-electron chi connectivity index (χ4n) is 0.842. The number of nitrogens with zero attached hydrogens (tertiary/aromatic N) is 1. The number of pyridine rings is 1. The molecule has 2 rings (SSSR count). The standard InChI is InChI=1S/C7H4INS/c8-6-4-5-2-1-3-9-7(5)10-6/h1-4H. The fourth-order valence-corrected chi connectivity index (χ4v) is 2.53. The molecule has 50 valence electrons. The number of rotatable bonds is 0. The number of fused-ring (bicyclic) bond motifs is 1. The fraction of sp³-hybridized carbons (Fsp3) is 0. The third kappa shape index (κ3) is 1.03. The Bertz CT molecular complexity index is 322. The quantitative estimate of drug-likeness (QED) is 0.664. The molecular weight excluding hydrogens is 257 g/mol. The van der Waals surface area contributed by atoms with Crippen LogP contribution in [0.2, 0.25) is 0 Å². The molecule has 10 heavy (non-hydrogen) atoms. The number of thiophene rings is 1. The summed E-state index contributed by atoms with van der Waals surface area (Å²) in [5, 5.41) is 1.25. The van der Waals surface area contributed by atoms with Crippen LogP contribution in [0.5, 0.6) is 0 Å². The third-order valence-electron chi connectivity index (χ3n) is 1.26. The minimum Gasteiger partial charge on any atom is -0.245 e. The van der Waals surface area contributed by atoms with Gasteiger partial charge in [-0.05, 0) is 34.7 Å². The van der Waals surface area contributed by atoms with Gasteiger partial charge in [0, 0.05) is 11.6 Å². The van der Waals surface area contributed by atoms with Crippen molar-refractivity contribution in [1.29, 1.82) is 0 Å². The SMILES string of the molecule is Ic1cc2cccnc2s1. The summed E-state index contributed by atoms with van der Waals surface area (Å²) in [6.07, 6.45) is 1.83. The number of hydrogen-bond acceptors (Lipinski definition) is 2. The molecule has 1 nitrogen and oxygen atoms in total. The highest BCUT2D eigenvalue weighted by molar-refractivity contribution is 14.1. The Balaban J connectivity index is 2.88. The normalized spacial score (nSPS) is 10.5. The van der Waals surface area contributed by atoms with Gasteiger partial charge < -0.3 is 0 Å². The summed E-state index contributed by atoms with van der Waals surface area (Å²) in [4.78, 5) is 5.35. The largest absolute Gasteiger partial charge is 0.245 e. The molecule has 2 heterocycles. The van der Waals surface area contributed by atoms with E-state index in [1.54, 1.807) is 11.3 Å². The van der Waals surface area contributed by atoms with Crippen LogP contribution in [-0.2, 0) is 0 Å². The maximum atomic E-state index is 4.22. The van der Waals surface area contributed by atoms with Gasteiger partial charge in [-0.25, -0.2) is 4.98 Å². The number of aromatic nitrogens is 1. The summed E-state index contributed by atoms with van der Waals surface area (Å²) in [5.41, 5.74) is 0. The van der Waals surface area contributed by atoms with Gasteiger partial charge in [0.05, 0.1) is 2.88 Å².